The highest BCUT2D eigenvalue weighted by atomic mass is 16.5. The summed E-state index contributed by atoms with van der Waals surface area (Å²) in [5.41, 5.74) is 4.35. The van der Waals surface area contributed by atoms with Gasteiger partial charge in [0.2, 0.25) is 0 Å². The van der Waals surface area contributed by atoms with Gasteiger partial charge in [-0.3, -0.25) is 4.98 Å². The number of rotatable bonds is 5. The zero-order chi connectivity index (χ0) is 17.8. The molecule has 0 spiro atoms. The van der Waals surface area contributed by atoms with Crippen molar-refractivity contribution >= 4 is 0 Å². The van der Waals surface area contributed by atoms with Crippen LogP contribution in [0.4, 0.5) is 0 Å². The third-order valence-electron chi connectivity index (χ3n) is 4.65. The average Bonchev–Trinajstić information content (AvgIpc) is 3.13. The second-order valence-electron chi connectivity index (χ2n) is 6.80. The van der Waals surface area contributed by atoms with Crippen molar-refractivity contribution in [3.05, 3.63) is 41.5 Å². The van der Waals surface area contributed by atoms with Crippen molar-refractivity contribution in [2.24, 2.45) is 0 Å². The van der Waals surface area contributed by atoms with Crippen LogP contribution in [-0.2, 0) is 0 Å². The van der Waals surface area contributed by atoms with Crippen molar-refractivity contribution in [2.45, 2.75) is 45.6 Å². The number of hydrogen-bond donors (Lipinski definition) is 1. The molecule has 1 fully saturated rings. The van der Waals surface area contributed by atoms with Gasteiger partial charge in [-0.1, -0.05) is 13.8 Å². The predicted octanol–water partition coefficient (Wildman–Crippen LogP) is 3.58. The highest BCUT2D eigenvalue weighted by molar-refractivity contribution is 5.76. The van der Waals surface area contributed by atoms with Crippen molar-refractivity contribution in [2.75, 3.05) is 13.2 Å². The van der Waals surface area contributed by atoms with Gasteiger partial charge in [0.15, 0.2) is 0 Å². The van der Waals surface area contributed by atoms with Crippen LogP contribution in [0.3, 0.4) is 0 Å². The summed E-state index contributed by atoms with van der Waals surface area (Å²) in [6, 6.07) is 6.30. The van der Waals surface area contributed by atoms with Crippen LogP contribution < -0.4 is 10.1 Å². The summed E-state index contributed by atoms with van der Waals surface area (Å²) in [7, 11) is 0. The Morgan fingerprint density at radius 3 is 2.92 bits per heavy atom. The Bertz CT molecular complexity index is 789. The number of pyridine rings is 2. The van der Waals surface area contributed by atoms with Crippen molar-refractivity contribution < 1.29 is 4.74 Å². The van der Waals surface area contributed by atoms with Crippen LogP contribution in [0.5, 0.6) is 5.75 Å². The molecule has 5 heteroatoms. The highest BCUT2D eigenvalue weighted by Crippen LogP contribution is 2.37. The van der Waals surface area contributed by atoms with Gasteiger partial charge in [-0.15, -0.1) is 0 Å². The second-order valence-corrected chi connectivity index (χ2v) is 6.80. The molecule has 0 unspecified atom stereocenters. The Morgan fingerprint density at radius 1 is 1.40 bits per heavy atom. The van der Waals surface area contributed by atoms with Crippen molar-refractivity contribution in [1.29, 1.82) is 5.26 Å². The van der Waals surface area contributed by atoms with E-state index in [0.29, 0.717) is 24.3 Å². The van der Waals surface area contributed by atoms with Crippen molar-refractivity contribution in [3.8, 4) is 22.9 Å². The lowest BCUT2D eigenvalue weighted by atomic mass is 9.92. The summed E-state index contributed by atoms with van der Waals surface area (Å²) in [4.78, 5) is 8.69. The number of ether oxygens (including phenoxy) is 1. The fourth-order valence-electron chi connectivity index (χ4n) is 3.28. The third-order valence-corrected chi connectivity index (χ3v) is 4.65. The van der Waals surface area contributed by atoms with Gasteiger partial charge in [-0.05, 0) is 55.5 Å². The van der Waals surface area contributed by atoms with E-state index in [-0.39, 0.29) is 0 Å². The van der Waals surface area contributed by atoms with Crippen molar-refractivity contribution in [3.63, 3.8) is 0 Å². The summed E-state index contributed by atoms with van der Waals surface area (Å²) in [5, 5.41) is 12.7. The first-order valence-electron chi connectivity index (χ1n) is 8.82. The fourth-order valence-corrected chi connectivity index (χ4v) is 3.28. The quantitative estimate of drug-likeness (QED) is 0.903. The smallest absolute Gasteiger partial charge is 0.141 e. The van der Waals surface area contributed by atoms with E-state index in [0.717, 1.165) is 41.1 Å². The van der Waals surface area contributed by atoms with E-state index in [2.05, 4.69) is 35.2 Å². The van der Waals surface area contributed by atoms with Gasteiger partial charge in [0.05, 0.1) is 0 Å². The van der Waals surface area contributed by atoms with Crippen LogP contribution in [0, 0.1) is 18.3 Å². The molecule has 2 aromatic rings. The minimum atomic E-state index is 0.291. The van der Waals surface area contributed by atoms with E-state index in [1.54, 1.807) is 12.4 Å². The van der Waals surface area contributed by atoms with E-state index >= 15 is 0 Å². The standard InChI is InChI=1S/C20H24N4O/c1-13(2)18-11-24-16(10-21)9-17(18)20-14(3)22-8-6-19(20)25-12-15-5-4-7-23-15/h6,8-9,11,13,15,23H,4-5,7,12H2,1-3H3/t15-/m0/s1. The second kappa shape index (κ2) is 7.62. The normalized spacial score (nSPS) is 16.8. The largest absolute Gasteiger partial charge is 0.491 e. The van der Waals surface area contributed by atoms with Crippen LogP contribution in [-0.4, -0.2) is 29.2 Å². The van der Waals surface area contributed by atoms with E-state index < -0.39 is 0 Å². The minimum Gasteiger partial charge on any atom is -0.491 e. The molecule has 0 aromatic carbocycles. The van der Waals surface area contributed by atoms with Gasteiger partial charge in [0.1, 0.15) is 24.1 Å². The van der Waals surface area contributed by atoms with E-state index in [1.165, 1.54) is 6.42 Å². The number of nitrogens with one attached hydrogen (secondary N) is 1. The van der Waals surface area contributed by atoms with Crippen molar-refractivity contribution in [1.82, 2.24) is 15.3 Å². The van der Waals surface area contributed by atoms with E-state index in [1.807, 2.05) is 19.1 Å². The topological polar surface area (TPSA) is 70.8 Å². The Morgan fingerprint density at radius 2 is 2.24 bits per heavy atom. The molecule has 5 nitrogen and oxygen atoms in total. The van der Waals surface area contributed by atoms with Gasteiger partial charge in [-0.25, -0.2) is 4.98 Å². The first-order valence-corrected chi connectivity index (χ1v) is 8.82. The van der Waals surface area contributed by atoms with Gasteiger partial charge < -0.3 is 10.1 Å². The first kappa shape index (κ1) is 17.4. The third kappa shape index (κ3) is 3.80. The van der Waals surface area contributed by atoms with Gasteiger partial charge >= 0.3 is 0 Å². The fraction of sp³-hybridized carbons (Fsp3) is 0.450. The summed E-state index contributed by atoms with van der Waals surface area (Å²) >= 11 is 0. The van der Waals surface area contributed by atoms with E-state index in [4.69, 9.17) is 4.74 Å². The lowest BCUT2D eigenvalue weighted by Gasteiger charge is -2.19. The molecule has 2 aromatic heterocycles. The Balaban J connectivity index is 2.02. The van der Waals surface area contributed by atoms with Crippen LogP contribution >= 0.6 is 0 Å². The van der Waals surface area contributed by atoms with E-state index in [9.17, 15) is 5.26 Å². The Labute approximate surface area is 149 Å². The summed E-state index contributed by atoms with van der Waals surface area (Å²) in [6.45, 7) is 7.93. The summed E-state index contributed by atoms with van der Waals surface area (Å²) < 4.78 is 6.16. The molecule has 25 heavy (non-hydrogen) atoms. The lowest BCUT2D eigenvalue weighted by Crippen LogP contribution is -2.28. The molecule has 1 aliphatic rings. The Hall–Kier alpha value is -2.45. The number of nitriles is 1. The summed E-state index contributed by atoms with van der Waals surface area (Å²) in [5.74, 6) is 1.11. The SMILES string of the molecule is Cc1nccc(OC[C@@H]2CCCN2)c1-c1cc(C#N)ncc1C(C)C. The molecule has 0 radical (unpaired) electrons. The van der Waals surface area contributed by atoms with Crippen LogP contribution in [0.25, 0.3) is 11.1 Å². The van der Waals surface area contributed by atoms with Gasteiger partial charge in [-0.2, -0.15) is 5.26 Å². The lowest BCUT2D eigenvalue weighted by molar-refractivity contribution is 0.278. The van der Waals surface area contributed by atoms with Crippen LogP contribution in [0.1, 0.15) is 49.6 Å². The molecule has 3 heterocycles. The molecule has 0 aliphatic carbocycles. The van der Waals surface area contributed by atoms with Crippen LogP contribution in [0.15, 0.2) is 24.5 Å². The maximum atomic E-state index is 9.26. The number of hydrogen-bond acceptors (Lipinski definition) is 5. The molecular formula is C20H24N4O. The average molecular weight is 336 g/mol. The highest BCUT2D eigenvalue weighted by Gasteiger charge is 2.20. The van der Waals surface area contributed by atoms with Crippen LogP contribution in [0.2, 0.25) is 0 Å². The number of nitrogens with zero attached hydrogens (tertiary/aromatic N) is 3. The molecule has 1 N–H and O–H groups in total. The monoisotopic (exact) mass is 336 g/mol. The molecule has 1 atom stereocenters. The molecule has 3 rings (SSSR count). The molecule has 0 amide bonds. The zero-order valence-electron chi connectivity index (χ0n) is 15.0. The minimum absolute atomic E-state index is 0.291. The maximum Gasteiger partial charge on any atom is 0.141 e. The molecular weight excluding hydrogens is 312 g/mol. The Kier molecular flexibility index (Phi) is 5.30. The van der Waals surface area contributed by atoms with Gasteiger partial charge in [0, 0.05) is 29.7 Å². The molecule has 1 saturated heterocycles. The maximum absolute atomic E-state index is 9.26. The van der Waals surface area contributed by atoms with Gasteiger partial charge in [0.25, 0.3) is 0 Å². The molecule has 1 aliphatic heterocycles. The molecule has 0 bridgehead atoms. The number of aryl methyl sites for hydroxylation is 1. The first-order chi connectivity index (χ1) is 12.1. The molecule has 130 valence electrons. The molecule has 0 saturated carbocycles. The summed E-state index contributed by atoms with van der Waals surface area (Å²) in [6.07, 6.45) is 5.92. The number of aromatic nitrogens is 2. The zero-order valence-corrected chi connectivity index (χ0v) is 15.0. The predicted molar refractivity (Wildman–Crippen MR) is 97.5 cm³/mol.